The van der Waals surface area contributed by atoms with Crippen LogP contribution in [0.2, 0.25) is 0 Å². The first-order valence-electron chi connectivity index (χ1n) is 14.6. The van der Waals surface area contributed by atoms with Gasteiger partial charge in [-0.15, -0.1) is 0 Å². The largest absolute Gasteiger partial charge is 0.478 e. The highest BCUT2D eigenvalue weighted by molar-refractivity contribution is 6.08. The summed E-state index contributed by atoms with van der Waals surface area (Å²) in [6.07, 6.45) is 9.03. The maximum atomic E-state index is 15.9. The lowest BCUT2D eigenvalue weighted by Gasteiger charge is -2.24. The van der Waals surface area contributed by atoms with Crippen molar-refractivity contribution in [2.24, 2.45) is 0 Å². The van der Waals surface area contributed by atoms with E-state index in [2.05, 4.69) is 9.48 Å². The number of halogens is 3. The van der Waals surface area contributed by atoms with Crippen molar-refractivity contribution in [1.82, 2.24) is 4.58 Å². The first-order valence-corrected chi connectivity index (χ1v) is 14.6. The Bertz CT molecular complexity index is 1680. The van der Waals surface area contributed by atoms with E-state index in [9.17, 15) is 14.3 Å². The van der Waals surface area contributed by atoms with Crippen molar-refractivity contribution in [2.45, 2.75) is 58.3 Å². The molecule has 2 fully saturated rings. The third-order valence-corrected chi connectivity index (χ3v) is 8.64. The maximum Gasteiger partial charge on any atom is 0.339 e. The molecule has 2 saturated heterocycles. The van der Waals surface area contributed by atoms with Crippen LogP contribution >= 0.6 is 0 Å². The molecule has 3 aliphatic heterocycles. The minimum Gasteiger partial charge on any atom is -0.478 e. The van der Waals surface area contributed by atoms with Crippen LogP contribution in [0.25, 0.3) is 33.4 Å². The van der Waals surface area contributed by atoms with Gasteiger partial charge in [-0.2, -0.15) is 0 Å². The number of anilines is 1. The van der Waals surface area contributed by atoms with Crippen LogP contribution in [0.3, 0.4) is 0 Å². The minimum atomic E-state index is -1.74. The lowest BCUT2D eigenvalue weighted by atomic mass is 9.88. The number of hydrogen-bond acceptors (Lipinski definition) is 3. The van der Waals surface area contributed by atoms with E-state index < -0.39 is 40.1 Å². The molecule has 0 radical (unpaired) electrons. The Morgan fingerprint density at radius 1 is 0.829 bits per heavy atom. The molecule has 4 aliphatic rings. The summed E-state index contributed by atoms with van der Waals surface area (Å²) in [5, 5.41) is 11.4. The number of fused-ring (bicyclic) bond motifs is 2. The van der Waals surface area contributed by atoms with Crippen LogP contribution in [0.4, 0.5) is 18.9 Å². The molecule has 6 rings (SSSR count). The molecule has 8 heteroatoms. The van der Waals surface area contributed by atoms with Gasteiger partial charge in [0, 0.05) is 71.4 Å². The Kier molecular flexibility index (Phi) is 7.49. The van der Waals surface area contributed by atoms with Crippen molar-refractivity contribution < 1.29 is 27.5 Å². The highest BCUT2D eigenvalue weighted by atomic mass is 19.2. The predicted octanol–water partition coefficient (Wildman–Crippen LogP) is 7.36. The minimum absolute atomic E-state index is 0.183. The van der Waals surface area contributed by atoms with Crippen LogP contribution in [0.5, 0.6) is 0 Å². The van der Waals surface area contributed by atoms with Gasteiger partial charge in [0.15, 0.2) is 11.6 Å². The van der Waals surface area contributed by atoms with Crippen molar-refractivity contribution in [3.63, 3.8) is 0 Å². The second-order valence-corrected chi connectivity index (χ2v) is 11.3. The fourth-order valence-electron chi connectivity index (χ4n) is 6.40. The van der Waals surface area contributed by atoms with E-state index in [4.69, 9.17) is 4.42 Å². The molecule has 1 aliphatic carbocycles. The SMILES string of the molecule is Cc1c(F)c(F)c(C(=O)O)c(-c2c3ccc(=[N+]4CCCCCC4)cc-3oc3cc(N4CCCCCC4)ccc23)c1F. The van der Waals surface area contributed by atoms with Gasteiger partial charge in [-0.25, -0.2) is 22.5 Å². The van der Waals surface area contributed by atoms with Gasteiger partial charge in [0.05, 0.1) is 6.07 Å². The van der Waals surface area contributed by atoms with Gasteiger partial charge in [0.1, 0.15) is 35.8 Å². The molecule has 0 amide bonds. The Morgan fingerprint density at radius 2 is 1.51 bits per heavy atom. The van der Waals surface area contributed by atoms with Crippen LogP contribution < -0.4 is 14.8 Å². The number of rotatable bonds is 3. The van der Waals surface area contributed by atoms with Crippen LogP contribution in [0, 0.1) is 24.4 Å². The first-order chi connectivity index (χ1) is 19.8. The Hall–Kier alpha value is -3.81. The van der Waals surface area contributed by atoms with E-state index in [1.165, 1.54) is 25.7 Å². The Labute approximate surface area is 236 Å². The number of aromatic carboxylic acids is 1. The Balaban J connectivity index is 1.68. The summed E-state index contributed by atoms with van der Waals surface area (Å²) in [4.78, 5) is 14.6. The summed E-state index contributed by atoms with van der Waals surface area (Å²) < 4.78 is 54.5. The average molecular weight is 564 g/mol. The summed E-state index contributed by atoms with van der Waals surface area (Å²) in [5.41, 5.74) is -0.0457. The fraction of sp³-hybridized carbons (Fsp3) is 0.394. The van der Waals surface area contributed by atoms with Crippen LogP contribution in [0.15, 0.2) is 40.8 Å². The van der Waals surface area contributed by atoms with Crippen molar-refractivity contribution in [1.29, 1.82) is 0 Å². The van der Waals surface area contributed by atoms with Crippen LogP contribution in [-0.2, 0) is 0 Å². The zero-order valence-electron chi connectivity index (χ0n) is 23.2. The van der Waals surface area contributed by atoms with E-state index in [0.29, 0.717) is 22.3 Å². The normalized spacial score (nSPS) is 16.7. The number of carboxylic acids is 1. The molecule has 2 aromatic rings. The zero-order valence-corrected chi connectivity index (χ0v) is 23.2. The summed E-state index contributed by atoms with van der Waals surface area (Å²) in [6, 6.07) is 11.2. The highest BCUT2D eigenvalue weighted by Gasteiger charge is 2.32. The van der Waals surface area contributed by atoms with Crippen molar-refractivity contribution in [3.8, 4) is 22.5 Å². The van der Waals surface area contributed by atoms with Gasteiger partial charge in [0.25, 0.3) is 0 Å². The molecule has 0 bridgehead atoms. The first kappa shape index (κ1) is 27.4. The number of nitrogens with zero attached hydrogens (tertiary/aromatic N) is 2. The molecule has 214 valence electrons. The van der Waals surface area contributed by atoms with Gasteiger partial charge in [-0.05, 0) is 50.8 Å². The average Bonchev–Trinajstić information content (AvgIpc) is 3.42. The lowest BCUT2D eigenvalue weighted by Crippen LogP contribution is -2.30. The second kappa shape index (κ2) is 11.2. The maximum absolute atomic E-state index is 15.9. The van der Waals surface area contributed by atoms with Gasteiger partial charge < -0.3 is 14.4 Å². The van der Waals surface area contributed by atoms with E-state index >= 15 is 8.78 Å². The molecule has 0 aromatic heterocycles. The lowest BCUT2D eigenvalue weighted by molar-refractivity contribution is 0.0691. The Morgan fingerprint density at radius 3 is 2.20 bits per heavy atom. The molecule has 1 N–H and O–H groups in total. The number of hydrogen-bond donors (Lipinski definition) is 1. The van der Waals surface area contributed by atoms with Gasteiger partial charge in [0.2, 0.25) is 5.36 Å². The van der Waals surface area contributed by atoms with Gasteiger partial charge in [-0.3, -0.25) is 0 Å². The smallest absolute Gasteiger partial charge is 0.339 e. The second-order valence-electron chi connectivity index (χ2n) is 11.3. The third-order valence-electron chi connectivity index (χ3n) is 8.64. The highest BCUT2D eigenvalue weighted by Crippen LogP contribution is 2.44. The van der Waals surface area contributed by atoms with Gasteiger partial charge in [-0.1, -0.05) is 12.8 Å². The molecule has 0 spiro atoms. The van der Waals surface area contributed by atoms with Crippen LogP contribution in [-0.4, -0.2) is 37.3 Å². The molecule has 0 saturated carbocycles. The molecule has 3 heterocycles. The zero-order chi connectivity index (χ0) is 28.7. The molecule has 2 aromatic carbocycles. The van der Waals surface area contributed by atoms with Gasteiger partial charge >= 0.3 is 5.97 Å². The monoisotopic (exact) mass is 563 g/mol. The van der Waals surface area contributed by atoms with Crippen molar-refractivity contribution in [3.05, 3.63) is 70.3 Å². The molecular weight excluding hydrogens is 529 g/mol. The standard InChI is InChI=1S/C33H33F3N2O3/c1-20-30(34)28(29(33(39)40)32(36)31(20)35)27-23-12-10-21(37-14-6-2-3-7-15-37)18-25(23)41-26-19-22(11-13-24(26)27)38-16-8-4-5-9-17-38/h10-13,18-19H,2-9,14-17H2,1H3/p+1. The number of benzene rings is 3. The third kappa shape index (κ3) is 4.98. The van der Waals surface area contributed by atoms with Crippen LogP contribution in [0.1, 0.15) is 67.3 Å². The molecule has 41 heavy (non-hydrogen) atoms. The van der Waals surface area contributed by atoms with Crippen molar-refractivity contribution in [2.75, 3.05) is 31.1 Å². The predicted molar refractivity (Wildman–Crippen MR) is 154 cm³/mol. The van der Waals surface area contributed by atoms with E-state index in [0.717, 1.165) is 69.8 Å². The number of carboxylic acid groups (broad SMARTS) is 1. The topological polar surface area (TPSA) is 56.7 Å². The molecular formula is C33H34F3N2O3+. The molecule has 0 unspecified atom stereocenters. The number of carbonyl (C=O) groups is 1. The van der Waals surface area contributed by atoms with E-state index in [1.807, 2.05) is 24.3 Å². The molecule has 0 atom stereocenters. The fourth-order valence-corrected chi connectivity index (χ4v) is 6.40. The molecule has 5 nitrogen and oxygen atoms in total. The van der Waals surface area contributed by atoms with E-state index in [-0.39, 0.29) is 5.56 Å². The summed E-state index contributed by atoms with van der Waals surface area (Å²) in [7, 11) is 0. The van der Waals surface area contributed by atoms with Crippen molar-refractivity contribution >= 4 is 22.6 Å². The summed E-state index contributed by atoms with van der Waals surface area (Å²) in [5.74, 6) is -5.47. The summed E-state index contributed by atoms with van der Waals surface area (Å²) in [6.45, 7) is 4.75. The quantitative estimate of drug-likeness (QED) is 0.161. The summed E-state index contributed by atoms with van der Waals surface area (Å²) >= 11 is 0. The van der Waals surface area contributed by atoms with E-state index in [1.54, 1.807) is 12.1 Å².